The number of para-hydroxylation sites is 2. The van der Waals surface area contributed by atoms with Crippen LogP contribution in [-0.4, -0.2) is 71.6 Å². The summed E-state index contributed by atoms with van der Waals surface area (Å²) >= 11 is 0. The molecular formula is C18H27N5O. The van der Waals surface area contributed by atoms with E-state index in [0.29, 0.717) is 19.1 Å². The molecule has 0 aliphatic carbocycles. The number of fused-ring (bicyclic) bond motifs is 1. The van der Waals surface area contributed by atoms with Crippen LogP contribution >= 0.6 is 0 Å². The van der Waals surface area contributed by atoms with Gasteiger partial charge in [-0.25, -0.2) is 4.98 Å². The number of carbonyl (C=O) groups excluding carboxylic acids is 1. The number of likely N-dealkylation sites (N-methyl/N-ethyl adjacent to an activating group) is 1. The summed E-state index contributed by atoms with van der Waals surface area (Å²) in [5.41, 5.74) is 2.14. The highest BCUT2D eigenvalue weighted by Gasteiger charge is 2.25. The van der Waals surface area contributed by atoms with Gasteiger partial charge >= 0.3 is 0 Å². The van der Waals surface area contributed by atoms with E-state index in [1.54, 1.807) is 0 Å². The topological polar surface area (TPSA) is 53.4 Å². The van der Waals surface area contributed by atoms with Crippen molar-refractivity contribution >= 4 is 16.9 Å². The highest BCUT2D eigenvalue weighted by atomic mass is 16.2. The van der Waals surface area contributed by atoms with Gasteiger partial charge in [0.1, 0.15) is 5.82 Å². The van der Waals surface area contributed by atoms with Gasteiger partial charge in [0.05, 0.1) is 17.6 Å². The van der Waals surface area contributed by atoms with Crippen molar-refractivity contribution in [2.45, 2.75) is 18.9 Å². The molecule has 1 aliphatic rings. The Bertz CT molecular complexity index is 708. The maximum absolute atomic E-state index is 12.1. The molecule has 24 heavy (non-hydrogen) atoms. The lowest BCUT2D eigenvalue weighted by Crippen LogP contribution is -2.38. The SMILES string of the molecule is CN(C)[C@@H]1CCN(CC(=O)NCCc2nc3ccccc3n2C)C1. The summed E-state index contributed by atoms with van der Waals surface area (Å²) in [5.74, 6) is 1.11. The molecule has 1 saturated heterocycles. The number of nitrogens with one attached hydrogen (secondary N) is 1. The first-order valence-electron chi connectivity index (χ1n) is 8.60. The fourth-order valence-electron chi connectivity index (χ4n) is 3.37. The fourth-order valence-corrected chi connectivity index (χ4v) is 3.37. The molecule has 1 atom stereocenters. The van der Waals surface area contributed by atoms with Crippen LogP contribution in [0.25, 0.3) is 11.0 Å². The van der Waals surface area contributed by atoms with Crippen LogP contribution in [0.3, 0.4) is 0 Å². The van der Waals surface area contributed by atoms with Gasteiger partial charge in [-0.2, -0.15) is 0 Å². The predicted molar refractivity (Wildman–Crippen MR) is 96.0 cm³/mol. The molecule has 0 bridgehead atoms. The molecule has 0 spiro atoms. The van der Waals surface area contributed by atoms with E-state index in [2.05, 4.69) is 44.8 Å². The lowest BCUT2D eigenvalue weighted by molar-refractivity contribution is -0.122. The normalized spacial score (nSPS) is 18.6. The van der Waals surface area contributed by atoms with Crippen LogP contribution in [0, 0.1) is 0 Å². The van der Waals surface area contributed by atoms with E-state index in [1.165, 1.54) is 0 Å². The van der Waals surface area contributed by atoms with Crippen LogP contribution in [0.2, 0.25) is 0 Å². The van der Waals surface area contributed by atoms with Crippen LogP contribution in [0.15, 0.2) is 24.3 Å². The molecule has 1 aromatic carbocycles. The Labute approximate surface area is 143 Å². The lowest BCUT2D eigenvalue weighted by atomic mass is 10.2. The van der Waals surface area contributed by atoms with Gasteiger partial charge in [-0.3, -0.25) is 9.69 Å². The molecule has 0 unspecified atom stereocenters. The second-order valence-electron chi connectivity index (χ2n) is 6.82. The maximum Gasteiger partial charge on any atom is 0.234 e. The van der Waals surface area contributed by atoms with Crippen LogP contribution < -0.4 is 5.32 Å². The van der Waals surface area contributed by atoms with Gasteiger partial charge in [-0.15, -0.1) is 0 Å². The second-order valence-corrected chi connectivity index (χ2v) is 6.82. The highest BCUT2D eigenvalue weighted by Crippen LogP contribution is 2.14. The number of carbonyl (C=O) groups is 1. The molecule has 6 nitrogen and oxygen atoms in total. The van der Waals surface area contributed by atoms with Crippen LogP contribution in [0.5, 0.6) is 0 Å². The molecule has 1 amide bonds. The fraction of sp³-hybridized carbons (Fsp3) is 0.556. The first-order valence-corrected chi connectivity index (χ1v) is 8.60. The number of imidazole rings is 1. The Morgan fingerprint density at radius 3 is 2.88 bits per heavy atom. The van der Waals surface area contributed by atoms with Crippen LogP contribution in [0.1, 0.15) is 12.2 Å². The molecular weight excluding hydrogens is 302 g/mol. The van der Waals surface area contributed by atoms with Crippen molar-refractivity contribution in [3.63, 3.8) is 0 Å². The average Bonchev–Trinajstić information content (AvgIpc) is 3.13. The number of aromatic nitrogens is 2. The van der Waals surface area contributed by atoms with Gasteiger partial charge in [0.2, 0.25) is 5.91 Å². The third kappa shape index (κ3) is 3.76. The first kappa shape index (κ1) is 16.9. The van der Waals surface area contributed by atoms with E-state index in [0.717, 1.165) is 42.8 Å². The molecule has 1 fully saturated rings. The minimum Gasteiger partial charge on any atom is -0.355 e. The molecule has 0 radical (unpaired) electrons. The quantitative estimate of drug-likeness (QED) is 0.854. The number of hydrogen-bond donors (Lipinski definition) is 1. The third-order valence-electron chi connectivity index (χ3n) is 4.90. The van der Waals surface area contributed by atoms with Gasteiger partial charge < -0.3 is 14.8 Å². The Balaban J connectivity index is 1.46. The molecule has 1 aromatic heterocycles. The zero-order valence-electron chi connectivity index (χ0n) is 14.8. The van der Waals surface area contributed by atoms with Crippen molar-refractivity contribution in [1.82, 2.24) is 24.7 Å². The summed E-state index contributed by atoms with van der Waals surface area (Å²) in [4.78, 5) is 21.2. The Kier molecular flexibility index (Phi) is 5.16. The maximum atomic E-state index is 12.1. The van der Waals surface area contributed by atoms with Crippen molar-refractivity contribution in [1.29, 1.82) is 0 Å². The molecule has 6 heteroatoms. The van der Waals surface area contributed by atoms with Crippen molar-refractivity contribution in [3.8, 4) is 0 Å². The molecule has 2 aromatic rings. The van der Waals surface area contributed by atoms with E-state index in [-0.39, 0.29) is 5.91 Å². The molecule has 130 valence electrons. The number of likely N-dealkylation sites (tertiary alicyclic amines) is 1. The van der Waals surface area contributed by atoms with Crippen molar-refractivity contribution in [2.75, 3.05) is 40.3 Å². The number of nitrogens with zero attached hydrogens (tertiary/aromatic N) is 4. The number of amides is 1. The zero-order valence-corrected chi connectivity index (χ0v) is 14.8. The summed E-state index contributed by atoms with van der Waals surface area (Å²) in [5, 5.41) is 3.03. The van der Waals surface area contributed by atoms with Gasteiger partial charge in [-0.1, -0.05) is 12.1 Å². The highest BCUT2D eigenvalue weighted by molar-refractivity contribution is 5.78. The monoisotopic (exact) mass is 329 g/mol. The number of rotatable bonds is 6. The number of benzene rings is 1. The standard InChI is InChI=1S/C18H27N5O/c1-21(2)14-9-11-23(12-14)13-18(24)19-10-8-17-20-15-6-4-5-7-16(15)22(17)3/h4-7,14H,8-13H2,1-3H3,(H,19,24)/t14-/m1/s1. The van der Waals surface area contributed by atoms with Gasteiger partial charge in [0.25, 0.3) is 0 Å². The largest absolute Gasteiger partial charge is 0.355 e. The van der Waals surface area contributed by atoms with Crippen molar-refractivity contribution in [3.05, 3.63) is 30.1 Å². The molecule has 3 rings (SSSR count). The summed E-state index contributed by atoms with van der Waals surface area (Å²) in [7, 11) is 6.23. The van der Waals surface area contributed by atoms with Crippen molar-refractivity contribution < 1.29 is 4.79 Å². The molecule has 2 heterocycles. The summed E-state index contributed by atoms with van der Waals surface area (Å²) < 4.78 is 2.10. The van der Waals surface area contributed by atoms with Crippen LogP contribution in [0.4, 0.5) is 0 Å². The van der Waals surface area contributed by atoms with E-state index in [4.69, 9.17) is 0 Å². The van der Waals surface area contributed by atoms with E-state index in [1.807, 2.05) is 25.2 Å². The summed E-state index contributed by atoms with van der Waals surface area (Å²) in [6.07, 6.45) is 1.89. The smallest absolute Gasteiger partial charge is 0.234 e. The van der Waals surface area contributed by atoms with Gasteiger partial charge in [0, 0.05) is 39.1 Å². The molecule has 0 saturated carbocycles. The minimum atomic E-state index is 0.105. The van der Waals surface area contributed by atoms with Crippen LogP contribution in [-0.2, 0) is 18.3 Å². The summed E-state index contributed by atoms with van der Waals surface area (Å²) in [6, 6.07) is 8.67. The Morgan fingerprint density at radius 1 is 1.38 bits per heavy atom. The first-order chi connectivity index (χ1) is 11.5. The molecule has 1 N–H and O–H groups in total. The van der Waals surface area contributed by atoms with Gasteiger partial charge in [-0.05, 0) is 32.6 Å². The van der Waals surface area contributed by atoms with Crippen molar-refractivity contribution in [2.24, 2.45) is 7.05 Å². The van der Waals surface area contributed by atoms with E-state index < -0.39 is 0 Å². The predicted octanol–water partition coefficient (Wildman–Crippen LogP) is 0.868. The Morgan fingerprint density at radius 2 is 2.17 bits per heavy atom. The second kappa shape index (κ2) is 7.32. The number of aryl methyl sites for hydroxylation is 1. The minimum absolute atomic E-state index is 0.105. The summed E-state index contributed by atoms with van der Waals surface area (Å²) in [6.45, 7) is 3.10. The third-order valence-corrected chi connectivity index (χ3v) is 4.90. The lowest BCUT2D eigenvalue weighted by Gasteiger charge is -2.20. The number of hydrogen-bond acceptors (Lipinski definition) is 4. The van der Waals surface area contributed by atoms with E-state index >= 15 is 0 Å². The van der Waals surface area contributed by atoms with E-state index in [9.17, 15) is 4.79 Å². The van der Waals surface area contributed by atoms with Gasteiger partial charge in [0.15, 0.2) is 0 Å². The average molecular weight is 329 g/mol. The Hall–Kier alpha value is -1.92. The molecule has 1 aliphatic heterocycles. The zero-order chi connectivity index (χ0) is 17.1.